The van der Waals surface area contributed by atoms with Crippen molar-refractivity contribution in [2.45, 2.75) is 6.54 Å². The number of rotatable bonds is 5. The zero-order chi connectivity index (χ0) is 17.9. The molecule has 0 aliphatic carbocycles. The minimum Gasteiger partial charge on any atom is -0.494 e. The van der Waals surface area contributed by atoms with E-state index >= 15 is 0 Å². The molecule has 0 amide bonds. The van der Waals surface area contributed by atoms with Crippen molar-refractivity contribution in [2.75, 3.05) is 38.2 Å². The van der Waals surface area contributed by atoms with Crippen LogP contribution in [0.4, 0.5) is 10.3 Å². The average Bonchev–Trinajstić information content (AvgIpc) is 3.34. The van der Waals surface area contributed by atoms with Crippen LogP contribution in [0.2, 0.25) is 0 Å². The van der Waals surface area contributed by atoms with Gasteiger partial charge in [0.05, 0.1) is 18.9 Å². The molecule has 0 bridgehead atoms. The molecule has 4 rings (SSSR count). The summed E-state index contributed by atoms with van der Waals surface area (Å²) < 4.78 is 29.1. The lowest BCUT2D eigenvalue weighted by Crippen LogP contribution is -2.46. The van der Waals surface area contributed by atoms with Gasteiger partial charge in [-0.15, -0.1) is 0 Å². The first kappa shape index (κ1) is 16.6. The Morgan fingerprint density at radius 2 is 2.04 bits per heavy atom. The van der Waals surface area contributed by atoms with E-state index in [4.69, 9.17) is 13.7 Å². The standard InChI is InChI=1S/C18H19FN4O3/c1-24-16-3-2-13(10-15(16)19)11-22-5-7-23(8-6-22)18-20-17(26-21-18)14-4-9-25-12-14/h2-4,9-10,12H,5-8,11H2,1H3. The summed E-state index contributed by atoms with van der Waals surface area (Å²) in [4.78, 5) is 8.78. The van der Waals surface area contributed by atoms with Crippen LogP contribution in [0.15, 0.2) is 45.7 Å². The summed E-state index contributed by atoms with van der Waals surface area (Å²) in [6.07, 6.45) is 3.14. The number of piperazine rings is 1. The normalized spacial score (nSPS) is 15.4. The van der Waals surface area contributed by atoms with Crippen LogP contribution in [-0.4, -0.2) is 48.3 Å². The molecule has 1 aliphatic rings. The van der Waals surface area contributed by atoms with Gasteiger partial charge in [0.2, 0.25) is 0 Å². The van der Waals surface area contributed by atoms with Crippen LogP contribution in [0.25, 0.3) is 11.5 Å². The third kappa shape index (κ3) is 3.41. The molecule has 0 unspecified atom stereocenters. The zero-order valence-corrected chi connectivity index (χ0v) is 14.4. The van der Waals surface area contributed by atoms with E-state index in [0.29, 0.717) is 18.4 Å². The van der Waals surface area contributed by atoms with E-state index in [0.717, 1.165) is 37.3 Å². The number of ether oxygens (including phenoxy) is 1. The van der Waals surface area contributed by atoms with Crippen LogP contribution in [0, 0.1) is 5.82 Å². The summed E-state index contributed by atoms with van der Waals surface area (Å²) in [5.74, 6) is 0.965. The Balaban J connectivity index is 1.35. The highest BCUT2D eigenvalue weighted by molar-refractivity contribution is 5.52. The van der Waals surface area contributed by atoms with Gasteiger partial charge in [0, 0.05) is 32.7 Å². The lowest BCUT2D eigenvalue weighted by molar-refractivity contribution is 0.247. The fourth-order valence-corrected chi connectivity index (χ4v) is 3.02. The first-order valence-corrected chi connectivity index (χ1v) is 8.39. The molecule has 0 N–H and O–H groups in total. The van der Waals surface area contributed by atoms with E-state index < -0.39 is 0 Å². The Morgan fingerprint density at radius 3 is 2.73 bits per heavy atom. The second kappa shape index (κ2) is 7.17. The van der Waals surface area contributed by atoms with E-state index in [2.05, 4.69) is 19.9 Å². The van der Waals surface area contributed by atoms with Gasteiger partial charge in [0.25, 0.3) is 11.8 Å². The number of hydrogen-bond acceptors (Lipinski definition) is 7. The van der Waals surface area contributed by atoms with Gasteiger partial charge in [-0.05, 0) is 28.9 Å². The van der Waals surface area contributed by atoms with E-state index in [9.17, 15) is 4.39 Å². The Morgan fingerprint density at radius 1 is 1.19 bits per heavy atom. The van der Waals surface area contributed by atoms with Gasteiger partial charge in [-0.25, -0.2) is 4.39 Å². The van der Waals surface area contributed by atoms with Crippen LogP contribution in [0.5, 0.6) is 5.75 Å². The summed E-state index contributed by atoms with van der Waals surface area (Å²) in [5, 5.41) is 4.05. The lowest BCUT2D eigenvalue weighted by atomic mass is 10.2. The van der Waals surface area contributed by atoms with E-state index in [1.807, 2.05) is 6.07 Å². The first-order valence-electron chi connectivity index (χ1n) is 8.39. The number of methoxy groups -OCH3 is 1. The van der Waals surface area contributed by atoms with Crippen LogP contribution < -0.4 is 9.64 Å². The van der Waals surface area contributed by atoms with Crippen molar-refractivity contribution in [1.29, 1.82) is 0 Å². The second-order valence-electron chi connectivity index (χ2n) is 6.14. The number of furan rings is 1. The van der Waals surface area contributed by atoms with Crippen molar-refractivity contribution in [3.05, 3.63) is 48.2 Å². The van der Waals surface area contributed by atoms with Crippen LogP contribution in [0.3, 0.4) is 0 Å². The maximum Gasteiger partial charge on any atom is 0.266 e. The van der Waals surface area contributed by atoms with Gasteiger partial charge in [0.1, 0.15) is 6.26 Å². The van der Waals surface area contributed by atoms with Crippen molar-refractivity contribution >= 4 is 5.95 Å². The van der Waals surface area contributed by atoms with Gasteiger partial charge in [0.15, 0.2) is 11.6 Å². The van der Waals surface area contributed by atoms with Gasteiger partial charge >= 0.3 is 0 Å². The molecule has 7 nitrogen and oxygen atoms in total. The number of benzene rings is 1. The molecular formula is C18H19FN4O3. The second-order valence-corrected chi connectivity index (χ2v) is 6.14. The highest BCUT2D eigenvalue weighted by atomic mass is 19.1. The molecule has 1 aromatic carbocycles. The number of halogens is 1. The number of anilines is 1. The molecule has 1 fully saturated rings. The fraction of sp³-hybridized carbons (Fsp3) is 0.333. The van der Waals surface area contributed by atoms with Crippen molar-refractivity contribution in [3.8, 4) is 17.2 Å². The van der Waals surface area contributed by atoms with Crippen molar-refractivity contribution < 1.29 is 18.1 Å². The average molecular weight is 358 g/mol. The molecule has 0 saturated carbocycles. The molecular weight excluding hydrogens is 339 g/mol. The van der Waals surface area contributed by atoms with Crippen molar-refractivity contribution in [2.24, 2.45) is 0 Å². The van der Waals surface area contributed by atoms with E-state index in [1.54, 1.807) is 24.7 Å². The van der Waals surface area contributed by atoms with Gasteiger partial charge < -0.3 is 18.6 Å². The zero-order valence-electron chi connectivity index (χ0n) is 14.4. The van der Waals surface area contributed by atoms with Crippen LogP contribution >= 0.6 is 0 Å². The number of nitrogens with zero attached hydrogens (tertiary/aromatic N) is 4. The highest BCUT2D eigenvalue weighted by Crippen LogP contribution is 2.22. The fourth-order valence-electron chi connectivity index (χ4n) is 3.02. The minimum atomic E-state index is -0.331. The predicted molar refractivity (Wildman–Crippen MR) is 92.4 cm³/mol. The molecule has 8 heteroatoms. The van der Waals surface area contributed by atoms with Crippen molar-refractivity contribution in [1.82, 2.24) is 15.0 Å². The molecule has 3 aromatic rings. The molecule has 2 aromatic heterocycles. The number of hydrogen-bond donors (Lipinski definition) is 0. The third-order valence-electron chi connectivity index (χ3n) is 4.46. The maximum absolute atomic E-state index is 13.8. The van der Waals surface area contributed by atoms with Gasteiger partial charge in [-0.3, -0.25) is 4.90 Å². The van der Waals surface area contributed by atoms with Gasteiger partial charge in [-0.2, -0.15) is 4.98 Å². The van der Waals surface area contributed by atoms with Gasteiger partial charge in [-0.1, -0.05) is 6.07 Å². The predicted octanol–water partition coefficient (Wildman–Crippen LogP) is 2.80. The third-order valence-corrected chi connectivity index (χ3v) is 4.46. The van der Waals surface area contributed by atoms with E-state index in [-0.39, 0.29) is 11.6 Å². The topological polar surface area (TPSA) is 67.8 Å². The largest absolute Gasteiger partial charge is 0.494 e. The highest BCUT2D eigenvalue weighted by Gasteiger charge is 2.22. The molecule has 0 spiro atoms. The summed E-state index contributed by atoms with van der Waals surface area (Å²) >= 11 is 0. The molecule has 136 valence electrons. The number of aromatic nitrogens is 2. The Bertz CT molecular complexity index is 857. The van der Waals surface area contributed by atoms with Crippen LogP contribution in [-0.2, 0) is 6.54 Å². The minimum absolute atomic E-state index is 0.268. The molecule has 1 saturated heterocycles. The van der Waals surface area contributed by atoms with Crippen LogP contribution in [0.1, 0.15) is 5.56 Å². The Labute approximate surface area is 150 Å². The summed E-state index contributed by atoms with van der Waals surface area (Å²) in [6, 6.07) is 6.87. The molecule has 26 heavy (non-hydrogen) atoms. The molecule has 0 radical (unpaired) electrons. The Kier molecular flexibility index (Phi) is 4.57. The molecule has 3 heterocycles. The smallest absolute Gasteiger partial charge is 0.266 e. The molecule has 1 aliphatic heterocycles. The van der Waals surface area contributed by atoms with E-state index in [1.165, 1.54) is 13.2 Å². The summed E-state index contributed by atoms with van der Waals surface area (Å²) in [7, 11) is 1.47. The summed E-state index contributed by atoms with van der Waals surface area (Å²) in [6.45, 7) is 3.93. The lowest BCUT2D eigenvalue weighted by Gasteiger charge is -2.33. The molecule has 0 atom stereocenters. The first-order chi connectivity index (χ1) is 12.7. The quantitative estimate of drug-likeness (QED) is 0.695. The SMILES string of the molecule is COc1ccc(CN2CCN(c3noc(-c4ccoc4)n3)CC2)cc1F. The maximum atomic E-state index is 13.8. The summed E-state index contributed by atoms with van der Waals surface area (Å²) in [5.41, 5.74) is 1.70. The monoisotopic (exact) mass is 358 g/mol. The van der Waals surface area contributed by atoms with Crippen molar-refractivity contribution in [3.63, 3.8) is 0 Å². The Hall–Kier alpha value is -2.87.